The standard InChI is InChI=1S/C36H38N2O2S/c39-27-35(31-17-9-3-10-18-31)37(23-29-13-5-1-6-14-29)25-33-21-22-34(41-33)26-38(24-30-15-7-2-8-16-30)36(28-40)32-19-11-4-12-20-32/h1-22,35-36,39-40H,23-28H2/t35-,36-/m0/s1. The molecule has 0 saturated heterocycles. The second-order valence-electron chi connectivity index (χ2n) is 10.4. The van der Waals surface area contributed by atoms with Crippen LogP contribution in [0.4, 0.5) is 0 Å². The molecular formula is C36H38N2O2S. The van der Waals surface area contributed by atoms with Crippen LogP contribution in [0, 0.1) is 0 Å². The molecule has 4 nitrogen and oxygen atoms in total. The fraction of sp³-hybridized carbons (Fsp3) is 0.222. The number of nitrogens with zero attached hydrogens (tertiary/aromatic N) is 2. The fourth-order valence-corrected chi connectivity index (χ4v) is 6.46. The molecule has 1 heterocycles. The third-order valence-corrected chi connectivity index (χ3v) is 8.54. The zero-order valence-corrected chi connectivity index (χ0v) is 24.1. The Labute approximate surface area is 247 Å². The van der Waals surface area contributed by atoms with Crippen LogP contribution in [0.3, 0.4) is 0 Å². The summed E-state index contributed by atoms with van der Waals surface area (Å²) >= 11 is 1.81. The lowest BCUT2D eigenvalue weighted by molar-refractivity contribution is 0.110. The van der Waals surface area contributed by atoms with Gasteiger partial charge in [0, 0.05) is 35.9 Å². The van der Waals surface area contributed by atoms with Crippen LogP contribution in [0.1, 0.15) is 44.1 Å². The van der Waals surface area contributed by atoms with Gasteiger partial charge in [-0.25, -0.2) is 0 Å². The van der Waals surface area contributed by atoms with Crippen molar-refractivity contribution in [1.29, 1.82) is 0 Å². The molecule has 41 heavy (non-hydrogen) atoms. The van der Waals surface area contributed by atoms with Crippen molar-refractivity contribution in [3.05, 3.63) is 165 Å². The number of aliphatic hydroxyl groups excluding tert-OH is 2. The highest BCUT2D eigenvalue weighted by molar-refractivity contribution is 7.11. The molecule has 0 unspecified atom stereocenters. The maximum absolute atomic E-state index is 10.5. The first-order valence-corrected chi connectivity index (χ1v) is 15.0. The molecule has 0 aliphatic heterocycles. The number of benzene rings is 4. The van der Waals surface area contributed by atoms with Gasteiger partial charge in [0.25, 0.3) is 0 Å². The van der Waals surface area contributed by atoms with E-state index >= 15 is 0 Å². The Balaban J connectivity index is 1.38. The minimum Gasteiger partial charge on any atom is -0.394 e. The smallest absolute Gasteiger partial charge is 0.0628 e. The number of hydrogen-bond donors (Lipinski definition) is 2. The predicted molar refractivity (Wildman–Crippen MR) is 168 cm³/mol. The van der Waals surface area contributed by atoms with Gasteiger partial charge in [-0.15, -0.1) is 11.3 Å². The van der Waals surface area contributed by atoms with Gasteiger partial charge in [0.1, 0.15) is 0 Å². The van der Waals surface area contributed by atoms with Crippen molar-refractivity contribution in [1.82, 2.24) is 9.80 Å². The maximum atomic E-state index is 10.5. The molecule has 0 aliphatic carbocycles. The zero-order chi connectivity index (χ0) is 28.3. The molecule has 210 valence electrons. The Bertz CT molecular complexity index is 1320. The zero-order valence-electron chi connectivity index (χ0n) is 23.3. The summed E-state index contributed by atoms with van der Waals surface area (Å²) in [5.74, 6) is 0. The monoisotopic (exact) mass is 562 g/mol. The minimum atomic E-state index is -0.103. The highest BCUT2D eigenvalue weighted by Crippen LogP contribution is 2.30. The molecule has 0 bridgehead atoms. The first-order valence-electron chi connectivity index (χ1n) is 14.2. The van der Waals surface area contributed by atoms with Crippen LogP contribution >= 0.6 is 11.3 Å². The van der Waals surface area contributed by atoms with E-state index < -0.39 is 0 Å². The Hall–Kier alpha value is -3.58. The van der Waals surface area contributed by atoms with E-state index in [0.29, 0.717) is 0 Å². The molecule has 5 rings (SSSR count). The Kier molecular flexibility index (Phi) is 10.5. The van der Waals surface area contributed by atoms with Crippen LogP contribution < -0.4 is 0 Å². The van der Waals surface area contributed by atoms with Crippen molar-refractivity contribution < 1.29 is 10.2 Å². The Morgan fingerprint density at radius 3 is 1.12 bits per heavy atom. The molecule has 2 N–H and O–H groups in total. The lowest BCUT2D eigenvalue weighted by Crippen LogP contribution is -2.30. The fourth-order valence-electron chi connectivity index (χ4n) is 5.39. The van der Waals surface area contributed by atoms with Gasteiger partial charge < -0.3 is 10.2 Å². The second kappa shape index (κ2) is 14.9. The molecule has 5 aromatic rings. The Morgan fingerprint density at radius 2 is 0.780 bits per heavy atom. The van der Waals surface area contributed by atoms with Gasteiger partial charge in [-0.3, -0.25) is 9.80 Å². The summed E-state index contributed by atoms with van der Waals surface area (Å²) in [5, 5.41) is 21.0. The molecule has 2 atom stereocenters. The third-order valence-electron chi connectivity index (χ3n) is 7.49. The van der Waals surface area contributed by atoms with Crippen LogP contribution in [0.25, 0.3) is 0 Å². The van der Waals surface area contributed by atoms with E-state index in [0.717, 1.165) is 37.3 Å². The van der Waals surface area contributed by atoms with Crippen LogP contribution in [-0.4, -0.2) is 33.2 Å². The largest absolute Gasteiger partial charge is 0.394 e. The third kappa shape index (κ3) is 8.00. The summed E-state index contributed by atoms with van der Waals surface area (Å²) in [4.78, 5) is 7.24. The molecule has 0 aliphatic rings. The number of aliphatic hydroxyl groups is 2. The van der Waals surface area contributed by atoms with Crippen molar-refractivity contribution in [2.75, 3.05) is 13.2 Å². The van der Waals surface area contributed by atoms with Gasteiger partial charge in [0.2, 0.25) is 0 Å². The number of hydrogen-bond acceptors (Lipinski definition) is 5. The first kappa shape index (κ1) is 28.9. The summed E-state index contributed by atoms with van der Waals surface area (Å²) in [7, 11) is 0. The molecule has 5 heteroatoms. The van der Waals surface area contributed by atoms with E-state index in [1.54, 1.807) is 0 Å². The van der Waals surface area contributed by atoms with E-state index in [9.17, 15) is 10.2 Å². The molecule has 4 aromatic carbocycles. The average Bonchev–Trinajstić information content (AvgIpc) is 3.46. The lowest BCUT2D eigenvalue weighted by atomic mass is 10.0. The predicted octanol–water partition coefficient (Wildman–Crippen LogP) is 7.22. The van der Waals surface area contributed by atoms with E-state index in [1.165, 1.54) is 20.9 Å². The molecule has 0 spiro atoms. The average molecular weight is 563 g/mol. The molecule has 0 fully saturated rings. The summed E-state index contributed by atoms with van der Waals surface area (Å²) in [6, 6.07) is 45.7. The van der Waals surface area contributed by atoms with Crippen LogP contribution in [0.15, 0.2) is 133 Å². The second-order valence-corrected chi connectivity index (χ2v) is 11.6. The molecule has 0 amide bonds. The topological polar surface area (TPSA) is 46.9 Å². The van der Waals surface area contributed by atoms with Gasteiger partial charge in [0.15, 0.2) is 0 Å². The van der Waals surface area contributed by atoms with Crippen molar-refractivity contribution >= 4 is 11.3 Å². The van der Waals surface area contributed by atoms with Crippen molar-refractivity contribution in [2.45, 2.75) is 38.3 Å². The minimum absolute atomic E-state index is 0.0508. The summed E-state index contributed by atoms with van der Waals surface area (Å²) < 4.78 is 0. The highest BCUT2D eigenvalue weighted by atomic mass is 32.1. The van der Waals surface area contributed by atoms with E-state index in [4.69, 9.17) is 0 Å². The normalized spacial score (nSPS) is 13.0. The van der Waals surface area contributed by atoms with Gasteiger partial charge in [-0.05, 0) is 34.4 Å². The molecule has 0 saturated carbocycles. The first-order chi connectivity index (χ1) is 20.2. The maximum Gasteiger partial charge on any atom is 0.0628 e. The summed E-state index contributed by atoms with van der Waals surface area (Å²) in [6.07, 6.45) is 0. The van der Waals surface area contributed by atoms with Crippen LogP contribution in [-0.2, 0) is 26.2 Å². The summed E-state index contributed by atoms with van der Waals surface area (Å²) in [6.45, 7) is 3.06. The van der Waals surface area contributed by atoms with Crippen LogP contribution in [0.5, 0.6) is 0 Å². The van der Waals surface area contributed by atoms with Gasteiger partial charge >= 0.3 is 0 Å². The number of thiophene rings is 1. The molecule has 1 aromatic heterocycles. The quantitative estimate of drug-likeness (QED) is 0.150. The van der Waals surface area contributed by atoms with Crippen molar-refractivity contribution in [3.8, 4) is 0 Å². The molecular weight excluding hydrogens is 524 g/mol. The van der Waals surface area contributed by atoms with Gasteiger partial charge in [0.05, 0.1) is 25.3 Å². The van der Waals surface area contributed by atoms with E-state index in [1.807, 2.05) is 59.9 Å². The number of rotatable bonds is 14. The highest BCUT2D eigenvalue weighted by Gasteiger charge is 2.23. The van der Waals surface area contributed by atoms with Gasteiger partial charge in [-0.1, -0.05) is 121 Å². The van der Waals surface area contributed by atoms with E-state index in [-0.39, 0.29) is 25.3 Å². The summed E-state index contributed by atoms with van der Waals surface area (Å²) in [5.41, 5.74) is 4.68. The lowest BCUT2D eigenvalue weighted by Gasteiger charge is -2.31. The van der Waals surface area contributed by atoms with E-state index in [2.05, 4.69) is 94.7 Å². The Morgan fingerprint density at radius 1 is 0.439 bits per heavy atom. The van der Waals surface area contributed by atoms with Crippen molar-refractivity contribution in [2.24, 2.45) is 0 Å². The van der Waals surface area contributed by atoms with Gasteiger partial charge in [-0.2, -0.15) is 0 Å². The van der Waals surface area contributed by atoms with Crippen molar-refractivity contribution in [3.63, 3.8) is 0 Å². The SMILES string of the molecule is OC[C@@H](c1ccccc1)N(Cc1ccccc1)Cc1ccc(CN(Cc2ccccc2)[C@@H](CO)c2ccccc2)s1. The molecule has 0 radical (unpaired) electrons. The van der Waals surface area contributed by atoms with Crippen LogP contribution in [0.2, 0.25) is 0 Å².